The number of carboxylic acid groups (broad SMARTS) is 1. The van der Waals surface area contributed by atoms with Crippen molar-refractivity contribution in [2.24, 2.45) is 0 Å². The van der Waals surface area contributed by atoms with Crippen LogP contribution in [0.3, 0.4) is 0 Å². The van der Waals surface area contributed by atoms with Gasteiger partial charge in [-0.3, -0.25) is 4.79 Å². The SMILES string of the molecule is O=C(O)C(Br)C(Br)c1ccc2c(c1)CCc1cc(F)ccc1-2. The number of carboxylic acids is 1. The Labute approximate surface area is 144 Å². The van der Waals surface area contributed by atoms with Crippen molar-refractivity contribution in [1.29, 1.82) is 0 Å². The lowest BCUT2D eigenvalue weighted by atomic mass is 9.84. The molecule has 22 heavy (non-hydrogen) atoms. The highest BCUT2D eigenvalue weighted by Crippen LogP contribution is 2.38. The van der Waals surface area contributed by atoms with Crippen LogP contribution in [0.25, 0.3) is 11.1 Å². The lowest BCUT2D eigenvalue weighted by Crippen LogP contribution is -2.18. The van der Waals surface area contributed by atoms with E-state index in [4.69, 9.17) is 5.11 Å². The lowest BCUT2D eigenvalue weighted by molar-refractivity contribution is -0.136. The Morgan fingerprint density at radius 2 is 1.64 bits per heavy atom. The van der Waals surface area contributed by atoms with Gasteiger partial charge in [0.15, 0.2) is 0 Å². The first kappa shape index (κ1) is 15.7. The molecule has 1 aliphatic rings. The minimum absolute atomic E-state index is 0.206. The Balaban J connectivity index is 1.99. The van der Waals surface area contributed by atoms with Gasteiger partial charge in [0.25, 0.3) is 0 Å². The van der Waals surface area contributed by atoms with E-state index in [2.05, 4.69) is 31.9 Å². The Kier molecular flexibility index (Phi) is 4.37. The number of hydrogen-bond acceptors (Lipinski definition) is 1. The van der Waals surface area contributed by atoms with E-state index < -0.39 is 10.8 Å². The molecule has 2 unspecified atom stereocenters. The Morgan fingerprint density at radius 1 is 1.05 bits per heavy atom. The van der Waals surface area contributed by atoms with Gasteiger partial charge in [-0.25, -0.2) is 4.39 Å². The molecular weight excluding hydrogens is 415 g/mol. The van der Waals surface area contributed by atoms with Crippen molar-refractivity contribution in [2.75, 3.05) is 0 Å². The summed E-state index contributed by atoms with van der Waals surface area (Å²) in [7, 11) is 0. The third-order valence-electron chi connectivity index (χ3n) is 3.96. The molecule has 0 aliphatic heterocycles. The van der Waals surface area contributed by atoms with Gasteiger partial charge in [-0.1, -0.05) is 56.1 Å². The highest BCUT2D eigenvalue weighted by atomic mass is 79.9. The summed E-state index contributed by atoms with van der Waals surface area (Å²) in [6.07, 6.45) is 1.63. The molecule has 1 N–H and O–H groups in total. The van der Waals surface area contributed by atoms with Crippen LogP contribution in [0.15, 0.2) is 36.4 Å². The summed E-state index contributed by atoms with van der Waals surface area (Å²) in [6.45, 7) is 0. The molecule has 2 nitrogen and oxygen atoms in total. The second-order valence-corrected chi connectivity index (χ2v) is 7.33. The van der Waals surface area contributed by atoms with Gasteiger partial charge in [0, 0.05) is 0 Å². The van der Waals surface area contributed by atoms with E-state index >= 15 is 0 Å². The second-order valence-electron chi connectivity index (χ2n) is 5.36. The Morgan fingerprint density at radius 3 is 2.27 bits per heavy atom. The van der Waals surface area contributed by atoms with Gasteiger partial charge in [0.05, 0.1) is 4.83 Å². The van der Waals surface area contributed by atoms with Gasteiger partial charge in [0.2, 0.25) is 0 Å². The van der Waals surface area contributed by atoms with Crippen LogP contribution in [0.5, 0.6) is 0 Å². The van der Waals surface area contributed by atoms with Gasteiger partial charge in [-0.15, -0.1) is 0 Å². The maximum atomic E-state index is 13.3. The second kappa shape index (κ2) is 6.13. The number of rotatable bonds is 3. The van der Waals surface area contributed by atoms with Gasteiger partial charge < -0.3 is 5.11 Å². The van der Waals surface area contributed by atoms with Crippen molar-refractivity contribution in [2.45, 2.75) is 22.5 Å². The van der Waals surface area contributed by atoms with E-state index in [9.17, 15) is 9.18 Å². The van der Waals surface area contributed by atoms with Crippen molar-refractivity contribution < 1.29 is 14.3 Å². The summed E-state index contributed by atoms with van der Waals surface area (Å²) >= 11 is 6.63. The van der Waals surface area contributed by atoms with Gasteiger partial charge >= 0.3 is 5.97 Å². The van der Waals surface area contributed by atoms with Crippen LogP contribution < -0.4 is 0 Å². The average molecular weight is 428 g/mol. The van der Waals surface area contributed by atoms with Crippen LogP contribution in [-0.2, 0) is 17.6 Å². The lowest BCUT2D eigenvalue weighted by Gasteiger charge is -2.22. The highest BCUT2D eigenvalue weighted by Gasteiger charge is 2.26. The highest BCUT2D eigenvalue weighted by molar-refractivity contribution is 9.12. The molecule has 0 fully saturated rings. The first-order chi connectivity index (χ1) is 10.5. The number of aryl methyl sites for hydroxylation is 2. The number of hydrogen-bond donors (Lipinski definition) is 1. The molecule has 0 saturated carbocycles. The quantitative estimate of drug-likeness (QED) is 0.709. The molecule has 3 rings (SSSR count). The van der Waals surface area contributed by atoms with Gasteiger partial charge in [-0.05, 0) is 52.8 Å². The van der Waals surface area contributed by atoms with E-state index in [1.54, 1.807) is 6.07 Å². The molecule has 2 aromatic rings. The van der Waals surface area contributed by atoms with E-state index in [1.807, 2.05) is 24.3 Å². The molecule has 5 heteroatoms. The summed E-state index contributed by atoms with van der Waals surface area (Å²) in [6, 6.07) is 10.9. The van der Waals surface area contributed by atoms with Crippen molar-refractivity contribution in [3.63, 3.8) is 0 Å². The summed E-state index contributed by atoms with van der Waals surface area (Å²) in [4.78, 5) is 10.1. The number of aliphatic carboxylic acids is 1. The minimum Gasteiger partial charge on any atom is -0.480 e. The molecule has 0 amide bonds. The molecule has 114 valence electrons. The van der Waals surface area contributed by atoms with E-state index in [1.165, 1.54) is 11.6 Å². The Hall–Kier alpha value is -1.20. The Bertz CT molecular complexity index is 745. The predicted octanol–water partition coefficient (Wildman–Crippen LogP) is 4.88. The average Bonchev–Trinajstić information content (AvgIpc) is 2.52. The standard InChI is InChI=1S/C17H13Br2FO2/c18-15(16(19)17(21)22)11-3-5-13-9(7-11)1-2-10-8-12(20)4-6-14(10)13/h3-8,15-16H,1-2H2,(H,21,22). The zero-order chi connectivity index (χ0) is 15.9. The van der Waals surface area contributed by atoms with E-state index in [0.717, 1.165) is 35.1 Å². The number of carbonyl (C=O) groups is 1. The number of benzene rings is 2. The summed E-state index contributed by atoms with van der Waals surface area (Å²) < 4.78 is 13.3. The van der Waals surface area contributed by atoms with E-state index in [-0.39, 0.29) is 10.6 Å². The molecule has 0 heterocycles. The van der Waals surface area contributed by atoms with Crippen molar-refractivity contribution in [3.05, 3.63) is 58.9 Å². The number of halogens is 3. The topological polar surface area (TPSA) is 37.3 Å². The third-order valence-corrected chi connectivity index (χ3v) is 6.65. The first-order valence-corrected chi connectivity index (χ1v) is 8.73. The largest absolute Gasteiger partial charge is 0.480 e. The fraction of sp³-hybridized carbons (Fsp3) is 0.235. The molecule has 2 atom stereocenters. The molecule has 1 aliphatic carbocycles. The fourth-order valence-electron chi connectivity index (χ4n) is 2.85. The molecule has 0 bridgehead atoms. The molecular formula is C17H13Br2FO2. The predicted molar refractivity (Wildman–Crippen MR) is 91.3 cm³/mol. The molecule has 0 saturated heterocycles. The van der Waals surface area contributed by atoms with Crippen molar-refractivity contribution in [1.82, 2.24) is 0 Å². The van der Waals surface area contributed by atoms with E-state index in [0.29, 0.717) is 0 Å². The van der Waals surface area contributed by atoms with Crippen LogP contribution in [-0.4, -0.2) is 15.9 Å². The smallest absolute Gasteiger partial charge is 0.318 e. The van der Waals surface area contributed by atoms with Crippen LogP contribution in [0.2, 0.25) is 0 Å². The van der Waals surface area contributed by atoms with Crippen LogP contribution >= 0.6 is 31.9 Å². The zero-order valence-electron chi connectivity index (χ0n) is 11.5. The number of fused-ring (bicyclic) bond motifs is 3. The summed E-state index contributed by atoms with van der Waals surface area (Å²) in [5.41, 5.74) is 5.29. The van der Waals surface area contributed by atoms with Gasteiger partial charge in [-0.2, -0.15) is 0 Å². The summed E-state index contributed by atoms with van der Waals surface area (Å²) in [5, 5.41) is 9.10. The van der Waals surface area contributed by atoms with Crippen LogP contribution in [0, 0.1) is 5.82 Å². The molecule has 0 spiro atoms. The molecule has 0 radical (unpaired) electrons. The molecule has 2 aromatic carbocycles. The van der Waals surface area contributed by atoms with Crippen LogP contribution in [0.4, 0.5) is 4.39 Å². The summed E-state index contributed by atoms with van der Waals surface area (Å²) in [5.74, 6) is -1.11. The monoisotopic (exact) mass is 426 g/mol. The first-order valence-electron chi connectivity index (χ1n) is 6.90. The van der Waals surface area contributed by atoms with Gasteiger partial charge in [0.1, 0.15) is 10.6 Å². The van der Waals surface area contributed by atoms with Crippen molar-refractivity contribution >= 4 is 37.8 Å². The third kappa shape index (κ3) is 2.84. The maximum absolute atomic E-state index is 13.3. The van der Waals surface area contributed by atoms with Crippen LogP contribution in [0.1, 0.15) is 21.5 Å². The maximum Gasteiger partial charge on any atom is 0.318 e. The normalized spacial score (nSPS) is 15.6. The molecule has 0 aromatic heterocycles. The fourth-order valence-corrected chi connectivity index (χ4v) is 3.67. The number of alkyl halides is 2. The zero-order valence-corrected chi connectivity index (χ0v) is 14.7. The minimum atomic E-state index is -0.902. The van der Waals surface area contributed by atoms with Crippen molar-refractivity contribution in [3.8, 4) is 11.1 Å².